The predicted octanol–water partition coefficient (Wildman–Crippen LogP) is 3.61. The lowest BCUT2D eigenvalue weighted by Crippen LogP contribution is -1.92. The second kappa shape index (κ2) is 4.65. The zero-order valence-corrected chi connectivity index (χ0v) is 11.3. The molecular formula is C15H16N2S. The lowest BCUT2D eigenvalue weighted by atomic mass is 10.1. The third-order valence-electron chi connectivity index (χ3n) is 3.42. The number of anilines is 1. The van der Waals surface area contributed by atoms with Crippen LogP contribution in [-0.2, 0) is 12.8 Å². The lowest BCUT2D eigenvalue weighted by molar-refractivity contribution is 0.911. The Labute approximate surface area is 112 Å². The van der Waals surface area contributed by atoms with Crippen LogP contribution in [0.1, 0.15) is 23.1 Å². The smallest absolute Gasteiger partial charge is 0.101 e. The summed E-state index contributed by atoms with van der Waals surface area (Å²) >= 11 is 1.71. The third-order valence-corrected chi connectivity index (χ3v) is 4.34. The summed E-state index contributed by atoms with van der Waals surface area (Å²) in [5, 5.41) is 1.01. The van der Waals surface area contributed by atoms with E-state index in [-0.39, 0.29) is 0 Å². The monoisotopic (exact) mass is 256 g/mol. The number of rotatable bonds is 2. The molecule has 1 heterocycles. The van der Waals surface area contributed by atoms with Gasteiger partial charge in [0.1, 0.15) is 5.03 Å². The van der Waals surface area contributed by atoms with Gasteiger partial charge in [-0.2, -0.15) is 0 Å². The number of aryl methyl sites for hydroxylation is 3. The summed E-state index contributed by atoms with van der Waals surface area (Å²) in [7, 11) is 0. The fourth-order valence-electron chi connectivity index (χ4n) is 2.33. The minimum Gasteiger partial charge on any atom is -0.397 e. The van der Waals surface area contributed by atoms with Gasteiger partial charge < -0.3 is 5.73 Å². The molecule has 0 fully saturated rings. The van der Waals surface area contributed by atoms with Crippen LogP contribution < -0.4 is 5.73 Å². The molecule has 0 saturated carbocycles. The Morgan fingerprint density at radius 3 is 2.83 bits per heavy atom. The Morgan fingerprint density at radius 2 is 2.00 bits per heavy atom. The van der Waals surface area contributed by atoms with Crippen molar-refractivity contribution in [2.24, 2.45) is 0 Å². The van der Waals surface area contributed by atoms with E-state index in [1.54, 1.807) is 18.0 Å². The van der Waals surface area contributed by atoms with Gasteiger partial charge in [-0.15, -0.1) is 0 Å². The summed E-state index contributed by atoms with van der Waals surface area (Å²) in [5.41, 5.74) is 10.7. The highest BCUT2D eigenvalue weighted by molar-refractivity contribution is 7.99. The summed E-state index contributed by atoms with van der Waals surface area (Å²) in [6, 6.07) is 8.81. The highest BCUT2D eigenvalue weighted by atomic mass is 32.2. The van der Waals surface area contributed by atoms with Crippen LogP contribution in [0, 0.1) is 6.92 Å². The van der Waals surface area contributed by atoms with E-state index in [1.165, 1.54) is 35.3 Å². The minimum absolute atomic E-state index is 0.758. The summed E-state index contributed by atoms with van der Waals surface area (Å²) in [4.78, 5) is 5.64. The van der Waals surface area contributed by atoms with Gasteiger partial charge in [-0.3, -0.25) is 0 Å². The summed E-state index contributed by atoms with van der Waals surface area (Å²) < 4.78 is 0. The van der Waals surface area contributed by atoms with E-state index in [2.05, 4.69) is 23.2 Å². The van der Waals surface area contributed by atoms with Gasteiger partial charge in [-0.1, -0.05) is 17.8 Å². The number of nitrogens with two attached hydrogens (primary N) is 1. The van der Waals surface area contributed by atoms with Crippen molar-refractivity contribution >= 4 is 17.4 Å². The number of aromatic nitrogens is 1. The van der Waals surface area contributed by atoms with Gasteiger partial charge in [0.05, 0.1) is 11.9 Å². The molecule has 3 heteroatoms. The van der Waals surface area contributed by atoms with Gasteiger partial charge in [0, 0.05) is 4.90 Å². The molecule has 2 aromatic rings. The molecule has 18 heavy (non-hydrogen) atoms. The first-order valence-corrected chi connectivity index (χ1v) is 7.06. The van der Waals surface area contributed by atoms with E-state index in [0.717, 1.165) is 16.3 Å². The van der Waals surface area contributed by atoms with Crippen molar-refractivity contribution in [1.29, 1.82) is 0 Å². The molecule has 3 rings (SSSR count). The Hall–Kier alpha value is -1.48. The maximum atomic E-state index is 5.78. The van der Waals surface area contributed by atoms with Crippen molar-refractivity contribution in [2.75, 3.05) is 5.73 Å². The van der Waals surface area contributed by atoms with Gasteiger partial charge in [-0.25, -0.2) is 4.98 Å². The van der Waals surface area contributed by atoms with Crippen LogP contribution in [0.25, 0.3) is 0 Å². The number of hydrogen-bond donors (Lipinski definition) is 1. The molecule has 2 N–H and O–H groups in total. The van der Waals surface area contributed by atoms with Crippen molar-refractivity contribution in [1.82, 2.24) is 4.98 Å². The van der Waals surface area contributed by atoms with Gasteiger partial charge in [0.2, 0.25) is 0 Å². The average Bonchev–Trinajstić information content (AvgIpc) is 2.81. The molecule has 0 unspecified atom stereocenters. The molecule has 0 spiro atoms. The van der Waals surface area contributed by atoms with Crippen LogP contribution in [0.4, 0.5) is 5.69 Å². The Bertz CT molecular complexity index is 593. The number of benzene rings is 1. The van der Waals surface area contributed by atoms with E-state index in [9.17, 15) is 0 Å². The molecule has 0 bridgehead atoms. The molecule has 0 radical (unpaired) electrons. The number of fused-ring (bicyclic) bond motifs is 1. The molecule has 0 amide bonds. The zero-order valence-electron chi connectivity index (χ0n) is 10.4. The Kier molecular flexibility index (Phi) is 3.00. The van der Waals surface area contributed by atoms with Crippen LogP contribution in [0.3, 0.4) is 0 Å². The van der Waals surface area contributed by atoms with Gasteiger partial charge >= 0.3 is 0 Å². The van der Waals surface area contributed by atoms with Gasteiger partial charge in [-0.05, 0) is 61.1 Å². The van der Waals surface area contributed by atoms with Crippen molar-refractivity contribution in [3.05, 3.63) is 47.2 Å². The standard InChI is InChI=1S/C15H16N2S/c1-10-7-15(17-9-14(10)16)18-13-6-5-11-3-2-4-12(11)8-13/h5-9H,2-4,16H2,1H3. The van der Waals surface area contributed by atoms with Crippen LogP contribution >= 0.6 is 11.8 Å². The van der Waals surface area contributed by atoms with Gasteiger partial charge in [0.15, 0.2) is 0 Å². The van der Waals surface area contributed by atoms with Gasteiger partial charge in [0.25, 0.3) is 0 Å². The van der Waals surface area contributed by atoms with Crippen molar-refractivity contribution < 1.29 is 0 Å². The molecule has 1 aliphatic carbocycles. The Balaban J connectivity index is 1.85. The number of hydrogen-bond acceptors (Lipinski definition) is 3. The fraction of sp³-hybridized carbons (Fsp3) is 0.267. The highest BCUT2D eigenvalue weighted by Crippen LogP contribution is 2.31. The molecule has 1 aromatic heterocycles. The normalized spacial score (nSPS) is 13.6. The molecule has 2 nitrogen and oxygen atoms in total. The van der Waals surface area contributed by atoms with Crippen molar-refractivity contribution in [3.63, 3.8) is 0 Å². The van der Waals surface area contributed by atoms with Crippen molar-refractivity contribution in [2.45, 2.75) is 36.1 Å². The van der Waals surface area contributed by atoms with Crippen LogP contribution in [0.15, 0.2) is 40.4 Å². The van der Waals surface area contributed by atoms with E-state index in [1.807, 2.05) is 13.0 Å². The molecule has 0 atom stereocenters. The van der Waals surface area contributed by atoms with Crippen LogP contribution in [-0.4, -0.2) is 4.98 Å². The summed E-state index contributed by atoms with van der Waals surface area (Å²) in [5.74, 6) is 0. The number of nitrogens with zero attached hydrogens (tertiary/aromatic N) is 1. The summed E-state index contributed by atoms with van der Waals surface area (Å²) in [6.45, 7) is 2.02. The first-order valence-electron chi connectivity index (χ1n) is 6.24. The van der Waals surface area contributed by atoms with E-state index >= 15 is 0 Å². The average molecular weight is 256 g/mol. The van der Waals surface area contributed by atoms with Crippen LogP contribution in [0.5, 0.6) is 0 Å². The molecule has 92 valence electrons. The van der Waals surface area contributed by atoms with Crippen molar-refractivity contribution in [3.8, 4) is 0 Å². The fourth-order valence-corrected chi connectivity index (χ4v) is 3.25. The maximum Gasteiger partial charge on any atom is 0.101 e. The topological polar surface area (TPSA) is 38.9 Å². The molecule has 1 aliphatic rings. The van der Waals surface area contributed by atoms with E-state index < -0.39 is 0 Å². The largest absolute Gasteiger partial charge is 0.397 e. The molecule has 0 aliphatic heterocycles. The van der Waals surface area contributed by atoms with E-state index in [0.29, 0.717) is 0 Å². The molecular weight excluding hydrogens is 240 g/mol. The van der Waals surface area contributed by atoms with Crippen LogP contribution in [0.2, 0.25) is 0 Å². The predicted molar refractivity (Wildman–Crippen MR) is 76.0 cm³/mol. The Morgan fingerprint density at radius 1 is 1.17 bits per heavy atom. The second-order valence-electron chi connectivity index (χ2n) is 4.77. The quantitative estimate of drug-likeness (QED) is 0.892. The van der Waals surface area contributed by atoms with E-state index in [4.69, 9.17) is 5.73 Å². The molecule has 1 aromatic carbocycles. The number of nitrogen functional groups attached to an aromatic ring is 1. The first kappa shape index (κ1) is 11.6. The minimum atomic E-state index is 0.758. The first-order chi connectivity index (χ1) is 8.72. The maximum absolute atomic E-state index is 5.78. The lowest BCUT2D eigenvalue weighted by Gasteiger charge is -2.06. The SMILES string of the molecule is Cc1cc(Sc2ccc3c(c2)CCC3)ncc1N. The highest BCUT2D eigenvalue weighted by Gasteiger charge is 2.11. The molecule has 0 saturated heterocycles. The number of pyridine rings is 1. The zero-order chi connectivity index (χ0) is 12.5. The second-order valence-corrected chi connectivity index (χ2v) is 5.86. The summed E-state index contributed by atoms with van der Waals surface area (Å²) in [6.07, 6.45) is 5.49. The third kappa shape index (κ3) is 2.23.